The van der Waals surface area contributed by atoms with Crippen LogP contribution >= 0.6 is 23.2 Å². The van der Waals surface area contributed by atoms with Gasteiger partial charge in [-0.25, -0.2) is 0 Å². The third kappa shape index (κ3) is 3.49. The fourth-order valence-electron chi connectivity index (χ4n) is 2.55. The van der Waals surface area contributed by atoms with Gasteiger partial charge in [0.15, 0.2) is 0 Å². The number of hydrogen-bond acceptors (Lipinski definition) is 1. The highest BCUT2D eigenvalue weighted by Gasteiger charge is 2.16. The fraction of sp³-hybridized carbons (Fsp3) is 0.105. The molecule has 23 heavy (non-hydrogen) atoms. The normalized spacial score (nSPS) is 10.7. The Bertz CT molecular complexity index is 876. The molecule has 3 aromatic carbocycles. The third-order valence-corrected chi connectivity index (χ3v) is 4.30. The van der Waals surface area contributed by atoms with Gasteiger partial charge in [-0.1, -0.05) is 59.6 Å². The number of hydrogen-bond donors (Lipinski definition) is 0. The molecule has 0 radical (unpaired) electrons. The van der Waals surface area contributed by atoms with Crippen molar-refractivity contribution in [1.29, 1.82) is 0 Å². The highest BCUT2D eigenvalue weighted by atomic mass is 35.5. The molecule has 0 bridgehead atoms. The zero-order valence-electron chi connectivity index (χ0n) is 12.6. The molecule has 3 rings (SSSR count). The number of amides is 1. The summed E-state index contributed by atoms with van der Waals surface area (Å²) in [5.41, 5.74) is 1.49. The average molecular weight is 344 g/mol. The van der Waals surface area contributed by atoms with Gasteiger partial charge in [0, 0.05) is 18.6 Å². The van der Waals surface area contributed by atoms with Crippen molar-refractivity contribution in [2.24, 2.45) is 0 Å². The molecule has 4 heteroatoms. The lowest BCUT2D eigenvalue weighted by Crippen LogP contribution is -2.26. The van der Waals surface area contributed by atoms with Crippen LogP contribution < -0.4 is 0 Å². The second kappa shape index (κ2) is 6.61. The second-order valence-corrected chi connectivity index (χ2v) is 6.31. The number of carbonyl (C=O) groups excluding carboxylic acids is 1. The molecule has 0 aromatic heterocycles. The topological polar surface area (TPSA) is 20.3 Å². The van der Waals surface area contributed by atoms with Crippen LogP contribution in [0, 0.1) is 0 Å². The predicted octanol–water partition coefficient (Wildman–Crippen LogP) is 5.42. The maximum atomic E-state index is 12.6. The standard InChI is InChI=1S/C19H15Cl2NO/c1-22(19(23)17-11-16(20)8-9-18(17)21)12-13-6-7-14-4-2-3-5-15(14)10-13/h2-11H,12H2,1H3. The molecule has 0 atom stereocenters. The first kappa shape index (κ1) is 15.9. The molecule has 3 aromatic rings. The lowest BCUT2D eigenvalue weighted by Gasteiger charge is -2.18. The van der Waals surface area contributed by atoms with E-state index in [1.54, 1.807) is 30.1 Å². The number of rotatable bonds is 3. The number of fused-ring (bicyclic) bond motifs is 1. The van der Waals surface area contributed by atoms with Crippen LogP contribution in [-0.2, 0) is 6.54 Å². The number of nitrogens with zero attached hydrogens (tertiary/aromatic N) is 1. The molecular formula is C19H15Cl2NO. The monoisotopic (exact) mass is 343 g/mol. The third-order valence-electron chi connectivity index (χ3n) is 3.74. The zero-order valence-corrected chi connectivity index (χ0v) is 14.1. The SMILES string of the molecule is CN(Cc1ccc2ccccc2c1)C(=O)c1cc(Cl)ccc1Cl. The summed E-state index contributed by atoms with van der Waals surface area (Å²) in [5, 5.41) is 3.25. The lowest BCUT2D eigenvalue weighted by atomic mass is 10.1. The van der Waals surface area contributed by atoms with Gasteiger partial charge in [-0.3, -0.25) is 4.79 Å². The van der Waals surface area contributed by atoms with Crippen molar-refractivity contribution < 1.29 is 4.79 Å². The molecule has 0 fully saturated rings. The lowest BCUT2D eigenvalue weighted by molar-refractivity contribution is 0.0785. The van der Waals surface area contributed by atoms with Gasteiger partial charge in [-0.2, -0.15) is 0 Å². The first-order chi connectivity index (χ1) is 11.0. The maximum Gasteiger partial charge on any atom is 0.255 e. The van der Waals surface area contributed by atoms with Crippen molar-refractivity contribution in [2.45, 2.75) is 6.54 Å². The van der Waals surface area contributed by atoms with Crippen LogP contribution in [0.4, 0.5) is 0 Å². The summed E-state index contributed by atoms with van der Waals surface area (Å²) in [6.45, 7) is 0.506. The van der Waals surface area contributed by atoms with Crippen molar-refractivity contribution in [3.63, 3.8) is 0 Å². The Hall–Kier alpha value is -2.03. The highest BCUT2D eigenvalue weighted by molar-refractivity contribution is 6.35. The minimum Gasteiger partial charge on any atom is -0.337 e. The molecule has 0 unspecified atom stereocenters. The van der Waals surface area contributed by atoms with E-state index in [0.29, 0.717) is 22.2 Å². The Kier molecular flexibility index (Phi) is 4.56. The minimum absolute atomic E-state index is 0.148. The van der Waals surface area contributed by atoms with Crippen molar-refractivity contribution in [3.8, 4) is 0 Å². The summed E-state index contributed by atoms with van der Waals surface area (Å²) >= 11 is 12.1. The van der Waals surface area contributed by atoms with E-state index in [9.17, 15) is 4.79 Å². The van der Waals surface area contributed by atoms with Crippen molar-refractivity contribution >= 4 is 39.9 Å². The van der Waals surface area contributed by atoms with Crippen LogP contribution in [0.25, 0.3) is 10.8 Å². The van der Waals surface area contributed by atoms with E-state index in [1.165, 1.54) is 5.39 Å². The molecule has 0 aliphatic rings. The zero-order chi connectivity index (χ0) is 16.4. The van der Waals surface area contributed by atoms with Gasteiger partial charge in [0.2, 0.25) is 0 Å². The van der Waals surface area contributed by atoms with Gasteiger partial charge >= 0.3 is 0 Å². The van der Waals surface area contributed by atoms with E-state index >= 15 is 0 Å². The molecule has 0 saturated carbocycles. The molecular weight excluding hydrogens is 329 g/mol. The van der Waals surface area contributed by atoms with Crippen LogP contribution in [0.15, 0.2) is 60.7 Å². The summed E-state index contributed by atoms with van der Waals surface area (Å²) in [4.78, 5) is 14.2. The van der Waals surface area contributed by atoms with Gasteiger partial charge in [-0.05, 0) is 40.6 Å². The van der Waals surface area contributed by atoms with E-state index in [2.05, 4.69) is 24.3 Å². The van der Waals surface area contributed by atoms with Crippen LogP contribution in [0.1, 0.15) is 15.9 Å². The first-order valence-corrected chi connectivity index (χ1v) is 7.98. The second-order valence-electron chi connectivity index (χ2n) is 5.47. The Labute approximate surface area is 145 Å². The van der Waals surface area contributed by atoms with E-state index < -0.39 is 0 Å². The van der Waals surface area contributed by atoms with Gasteiger partial charge in [0.05, 0.1) is 10.6 Å². The highest BCUT2D eigenvalue weighted by Crippen LogP contribution is 2.23. The molecule has 116 valence electrons. The quantitative estimate of drug-likeness (QED) is 0.621. The Balaban J connectivity index is 1.83. The number of carbonyl (C=O) groups is 1. The van der Waals surface area contributed by atoms with Gasteiger partial charge in [0.1, 0.15) is 0 Å². The summed E-state index contributed by atoms with van der Waals surface area (Å²) in [7, 11) is 1.76. The molecule has 1 amide bonds. The smallest absolute Gasteiger partial charge is 0.255 e. The first-order valence-electron chi connectivity index (χ1n) is 7.23. The molecule has 0 saturated heterocycles. The summed E-state index contributed by atoms with van der Waals surface area (Å²) in [5.74, 6) is -0.148. The van der Waals surface area contributed by atoms with E-state index in [0.717, 1.165) is 10.9 Å². The van der Waals surface area contributed by atoms with Gasteiger partial charge < -0.3 is 4.90 Å². The van der Waals surface area contributed by atoms with Crippen molar-refractivity contribution in [3.05, 3.63) is 81.8 Å². The molecule has 0 N–H and O–H groups in total. The van der Waals surface area contributed by atoms with Crippen molar-refractivity contribution in [2.75, 3.05) is 7.05 Å². The molecule has 0 aliphatic heterocycles. The number of halogens is 2. The van der Waals surface area contributed by atoms with Crippen LogP contribution in [0.5, 0.6) is 0 Å². The molecule has 0 aliphatic carbocycles. The van der Waals surface area contributed by atoms with Crippen molar-refractivity contribution in [1.82, 2.24) is 4.90 Å². The van der Waals surface area contributed by atoms with Crippen LogP contribution in [0.2, 0.25) is 10.0 Å². The van der Waals surface area contributed by atoms with Crippen LogP contribution in [0.3, 0.4) is 0 Å². The van der Waals surface area contributed by atoms with Gasteiger partial charge in [-0.15, -0.1) is 0 Å². The minimum atomic E-state index is -0.148. The Morgan fingerprint density at radius 1 is 0.957 bits per heavy atom. The average Bonchev–Trinajstić information content (AvgIpc) is 2.56. The van der Waals surface area contributed by atoms with E-state index in [-0.39, 0.29) is 5.91 Å². The Morgan fingerprint density at radius 2 is 1.70 bits per heavy atom. The molecule has 2 nitrogen and oxygen atoms in total. The summed E-state index contributed by atoms with van der Waals surface area (Å²) in [6, 6.07) is 19.3. The molecule has 0 spiro atoms. The molecule has 0 heterocycles. The summed E-state index contributed by atoms with van der Waals surface area (Å²) in [6.07, 6.45) is 0. The maximum absolute atomic E-state index is 12.6. The fourth-order valence-corrected chi connectivity index (χ4v) is 2.92. The van der Waals surface area contributed by atoms with Gasteiger partial charge in [0.25, 0.3) is 5.91 Å². The number of benzene rings is 3. The largest absolute Gasteiger partial charge is 0.337 e. The van der Waals surface area contributed by atoms with E-state index in [1.807, 2.05) is 18.2 Å². The summed E-state index contributed by atoms with van der Waals surface area (Å²) < 4.78 is 0. The van der Waals surface area contributed by atoms with Crippen LogP contribution in [-0.4, -0.2) is 17.9 Å². The van der Waals surface area contributed by atoms with E-state index in [4.69, 9.17) is 23.2 Å². The predicted molar refractivity (Wildman–Crippen MR) is 96.2 cm³/mol. The Morgan fingerprint density at radius 3 is 2.48 bits per heavy atom.